The zero-order valence-corrected chi connectivity index (χ0v) is 15.9. The number of pyridine rings is 1. The number of carbonyl (C=O) groups is 2. The van der Waals surface area contributed by atoms with E-state index in [1.54, 1.807) is 22.9 Å². The van der Waals surface area contributed by atoms with E-state index in [0.717, 1.165) is 0 Å². The summed E-state index contributed by atoms with van der Waals surface area (Å²) in [7, 11) is 0. The van der Waals surface area contributed by atoms with Crippen LogP contribution in [0, 0.1) is 5.82 Å². The molecule has 0 aliphatic carbocycles. The van der Waals surface area contributed by atoms with E-state index in [-0.39, 0.29) is 17.3 Å². The zero-order chi connectivity index (χ0) is 20.5. The van der Waals surface area contributed by atoms with E-state index in [9.17, 15) is 14.0 Å². The fraction of sp³-hybridized carbons (Fsp3) is 0.158. The van der Waals surface area contributed by atoms with Gasteiger partial charge < -0.3 is 16.0 Å². The van der Waals surface area contributed by atoms with Crippen LogP contribution in [-0.4, -0.2) is 38.1 Å². The summed E-state index contributed by atoms with van der Waals surface area (Å²) in [5.41, 5.74) is 7.40. The number of fused-ring (bicyclic) bond motifs is 1. The number of nitrogens with two attached hydrogens (primary N) is 1. The third kappa shape index (κ3) is 3.77. The fourth-order valence-corrected chi connectivity index (χ4v) is 3.43. The molecule has 3 N–H and O–H groups in total. The number of rotatable bonds is 3. The zero-order valence-electron chi connectivity index (χ0n) is 15.1. The lowest BCUT2D eigenvalue weighted by Crippen LogP contribution is -2.42. The molecule has 4 rings (SSSR count). The van der Waals surface area contributed by atoms with E-state index < -0.39 is 17.8 Å². The lowest BCUT2D eigenvalue weighted by Gasteiger charge is -2.26. The molecule has 0 radical (unpaired) electrons. The van der Waals surface area contributed by atoms with E-state index in [0.29, 0.717) is 35.7 Å². The Hall–Kier alpha value is -3.46. The van der Waals surface area contributed by atoms with Gasteiger partial charge in [-0.15, -0.1) is 0 Å². The summed E-state index contributed by atoms with van der Waals surface area (Å²) in [5.74, 6) is -0.904. The molecule has 0 spiro atoms. The van der Waals surface area contributed by atoms with Crippen molar-refractivity contribution in [2.45, 2.75) is 13.1 Å². The van der Waals surface area contributed by atoms with Crippen molar-refractivity contribution in [1.82, 2.24) is 19.7 Å². The Balaban J connectivity index is 1.80. The van der Waals surface area contributed by atoms with E-state index in [4.69, 9.17) is 17.3 Å². The fourth-order valence-electron chi connectivity index (χ4n) is 3.26. The van der Waals surface area contributed by atoms with E-state index in [1.807, 2.05) is 0 Å². The van der Waals surface area contributed by atoms with Gasteiger partial charge >= 0.3 is 6.03 Å². The first kappa shape index (κ1) is 18.9. The van der Waals surface area contributed by atoms with Crippen LogP contribution in [0.3, 0.4) is 0 Å². The van der Waals surface area contributed by atoms with Crippen molar-refractivity contribution in [3.05, 3.63) is 64.8 Å². The first-order valence-electron chi connectivity index (χ1n) is 8.75. The number of benzene rings is 1. The normalized spacial score (nSPS) is 13.1. The van der Waals surface area contributed by atoms with Crippen LogP contribution in [0.1, 0.15) is 16.1 Å². The van der Waals surface area contributed by atoms with Crippen molar-refractivity contribution in [3.8, 4) is 11.3 Å². The number of primary amides is 1. The molecule has 3 aromatic rings. The maximum atomic E-state index is 13.8. The molecule has 10 heteroatoms. The van der Waals surface area contributed by atoms with Gasteiger partial charge in [0.05, 0.1) is 24.3 Å². The molecule has 8 nitrogen and oxygen atoms in total. The van der Waals surface area contributed by atoms with E-state index in [2.05, 4.69) is 15.4 Å². The molecule has 2 aromatic heterocycles. The SMILES string of the molecule is NC(=O)N1CCn2nc(-c3cccc(F)c3)c(C(=O)Nc3ccnc(Cl)c3)c2C1. The molecule has 148 valence electrons. The number of nitrogens with zero attached hydrogens (tertiary/aromatic N) is 4. The van der Waals surface area contributed by atoms with Crippen molar-refractivity contribution >= 4 is 29.2 Å². The summed E-state index contributed by atoms with van der Waals surface area (Å²) in [6.45, 7) is 0.861. The molecule has 3 amide bonds. The molecular formula is C19H16ClFN6O2. The number of amides is 3. The van der Waals surface area contributed by atoms with Crippen molar-refractivity contribution in [2.24, 2.45) is 5.73 Å². The Morgan fingerprint density at radius 1 is 1.21 bits per heavy atom. The molecule has 0 saturated carbocycles. The number of urea groups is 1. The Morgan fingerprint density at radius 3 is 2.76 bits per heavy atom. The predicted octanol–water partition coefficient (Wildman–Crippen LogP) is 2.88. The van der Waals surface area contributed by atoms with Crippen LogP contribution < -0.4 is 11.1 Å². The third-order valence-corrected chi connectivity index (χ3v) is 4.81. The van der Waals surface area contributed by atoms with Crippen LogP contribution >= 0.6 is 11.6 Å². The average Bonchev–Trinajstić information content (AvgIpc) is 3.06. The molecule has 1 aromatic carbocycles. The summed E-state index contributed by atoms with van der Waals surface area (Å²) in [6.07, 6.45) is 1.47. The van der Waals surface area contributed by atoms with Gasteiger partial charge in [0.2, 0.25) is 0 Å². The minimum atomic E-state index is -0.586. The maximum absolute atomic E-state index is 13.8. The standard InChI is InChI=1S/C19H16ClFN6O2/c20-15-9-13(4-5-23-15)24-18(28)16-14-10-26(19(22)29)6-7-27(14)25-17(16)11-2-1-3-12(21)8-11/h1-5,8-9H,6-7,10H2,(H2,22,29)(H,23,24,28). The monoisotopic (exact) mass is 414 g/mol. The van der Waals surface area contributed by atoms with Crippen molar-refractivity contribution < 1.29 is 14.0 Å². The second-order valence-corrected chi connectivity index (χ2v) is 6.87. The number of anilines is 1. The van der Waals surface area contributed by atoms with Crippen LogP contribution in [-0.2, 0) is 13.1 Å². The quantitative estimate of drug-likeness (QED) is 0.642. The van der Waals surface area contributed by atoms with Gasteiger partial charge in [0.25, 0.3) is 5.91 Å². The summed E-state index contributed by atoms with van der Waals surface area (Å²) in [6, 6.07) is 8.35. The molecule has 0 unspecified atom stereocenters. The van der Waals surface area contributed by atoms with Gasteiger partial charge in [0, 0.05) is 24.0 Å². The van der Waals surface area contributed by atoms with Crippen LogP contribution in [0.15, 0.2) is 42.6 Å². The van der Waals surface area contributed by atoms with Gasteiger partial charge in [-0.3, -0.25) is 9.48 Å². The van der Waals surface area contributed by atoms with Gasteiger partial charge in [-0.1, -0.05) is 23.7 Å². The van der Waals surface area contributed by atoms with Gasteiger partial charge in [-0.2, -0.15) is 5.10 Å². The molecular weight excluding hydrogens is 399 g/mol. The highest BCUT2D eigenvalue weighted by Gasteiger charge is 2.30. The first-order chi connectivity index (χ1) is 13.9. The van der Waals surface area contributed by atoms with Crippen molar-refractivity contribution in [1.29, 1.82) is 0 Å². The highest BCUT2D eigenvalue weighted by Crippen LogP contribution is 2.30. The minimum Gasteiger partial charge on any atom is -0.351 e. The van der Waals surface area contributed by atoms with Crippen LogP contribution in [0.4, 0.5) is 14.9 Å². The Bertz CT molecular complexity index is 1120. The Labute approximate surface area is 170 Å². The molecule has 3 heterocycles. The van der Waals surface area contributed by atoms with Crippen LogP contribution in [0.5, 0.6) is 0 Å². The van der Waals surface area contributed by atoms with Crippen molar-refractivity contribution in [3.63, 3.8) is 0 Å². The largest absolute Gasteiger partial charge is 0.351 e. The Morgan fingerprint density at radius 2 is 2.03 bits per heavy atom. The van der Waals surface area contributed by atoms with Crippen molar-refractivity contribution in [2.75, 3.05) is 11.9 Å². The van der Waals surface area contributed by atoms with E-state index in [1.165, 1.54) is 29.3 Å². The highest BCUT2D eigenvalue weighted by atomic mass is 35.5. The molecule has 0 bridgehead atoms. The average molecular weight is 415 g/mol. The number of carbonyl (C=O) groups excluding carboxylic acids is 2. The number of hydrogen-bond acceptors (Lipinski definition) is 4. The Kier molecular flexibility index (Phi) is 4.89. The molecule has 1 aliphatic rings. The number of nitrogens with one attached hydrogen (secondary N) is 1. The number of hydrogen-bond donors (Lipinski definition) is 2. The van der Waals surface area contributed by atoms with Gasteiger partial charge in [0.1, 0.15) is 16.7 Å². The lowest BCUT2D eigenvalue weighted by atomic mass is 10.0. The molecule has 29 heavy (non-hydrogen) atoms. The summed E-state index contributed by atoms with van der Waals surface area (Å²) < 4.78 is 15.4. The topological polar surface area (TPSA) is 106 Å². The molecule has 0 atom stereocenters. The summed E-state index contributed by atoms with van der Waals surface area (Å²) in [4.78, 5) is 30.1. The van der Waals surface area contributed by atoms with Gasteiger partial charge in [0.15, 0.2) is 0 Å². The third-order valence-electron chi connectivity index (χ3n) is 4.60. The highest BCUT2D eigenvalue weighted by molar-refractivity contribution is 6.29. The second kappa shape index (κ2) is 7.51. The molecule has 0 saturated heterocycles. The van der Waals surface area contributed by atoms with Gasteiger partial charge in [-0.05, 0) is 24.3 Å². The number of halogens is 2. The molecule has 1 aliphatic heterocycles. The lowest BCUT2D eigenvalue weighted by molar-refractivity contribution is 0.102. The summed E-state index contributed by atoms with van der Waals surface area (Å²) >= 11 is 5.89. The summed E-state index contributed by atoms with van der Waals surface area (Å²) in [5, 5.41) is 7.49. The van der Waals surface area contributed by atoms with Gasteiger partial charge in [-0.25, -0.2) is 14.2 Å². The first-order valence-corrected chi connectivity index (χ1v) is 9.13. The second-order valence-electron chi connectivity index (χ2n) is 6.48. The maximum Gasteiger partial charge on any atom is 0.315 e. The predicted molar refractivity (Wildman–Crippen MR) is 105 cm³/mol. The van der Waals surface area contributed by atoms with Crippen LogP contribution in [0.2, 0.25) is 5.15 Å². The van der Waals surface area contributed by atoms with Crippen LogP contribution in [0.25, 0.3) is 11.3 Å². The molecule has 0 fully saturated rings. The van der Waals surface area contributed by atoms with E-state index >= 15 is 0 Å². The minimum absolute atomic E-state index is 0.123. The number of aromatic nitrogens is 3. The smallest absolute Gasteiger partial charge is 0.315 e.